The second-order valence-corrected chi connectivity index (χ2v) is 7.27. The van der Waals surface area contributed by atoms with Crippen molar-refractivity contribution in [3.05, 3.63) is 24.5 Å². The van der Waals surface area contributed by atoms with Crippen LogP contribution in [0.25, 0.3) is 11.0 Å². The Balaban J connectivity index is 1.58. The van der Waals surface area contributed by atoms with E-state index in [2.05, 4.69) is 41.6 Å². The molecule has 1 heterocycles. The van der Waals surface area contributed by atoms with Gasteiger partial charge < -0.3 is 9.47 Å². The summed E-state index contributed by atoms with van der Waals surface area (Å²) in [5.74, 6) is 0.882. The number of hydrogen-bond donors (Lipinski definition) is 0. The van der Waals surface area contributed by atoms with Gasteiger partial charge in [0.15, 0.2) is 17.8 Å². The molecule has 0 aliphatic carbocycles. The molecule has 0 N–H and O–H groups in total. The van der Waals surface area contributed by atoms with Gasteiger partial charge in [-0.25, -0.2) is 9.13 Å². The van der Waals surface area contributed by atoms with Gasteiger partial charge in [0.25, 0.3) is 0 Å². The highest BCUT2D eigenvalue weighted by atomic mass is 16.5. The first-order valence-corrected chi connectivity index (χ1v) is 10.4. The van der Waals surface area contributed by atoms with Crippen molar-refractivity contribution in [3.8, 4) is 5.75 Å². The number of nitrogens with zero attached hydrogens (tertiary/aromatic N) is 2. The number of benzene rings is 1. The summed E-state index contributed by atoms with van der Waals surface area (Å²) >= 11 is 0. The summed E-state index contributed by atoms with van der Waals surface area (Å²) in [6.45, 7) is 3.71. The second-order valence-electron chi connectivity index (χ2n) is 7.27. The molecule has 0 saturated carbocycles. The molecule has 0 atom stereocenters. The van der Waals surface area contributed by atoms with E-state index in [-0.39, 0.29) is 0 Å². The SMILES string of the molecule is CCCCCCCCCCCCOC[n+]1cn(C)c2ccc(OC)cc21. The van der Waals surface area contributed by atoms with Gasteiger partial charge >= 0.3 is 0 Å². The zero-order chi connectivity index (χ0) is 18.6. The first-order chi connectivity index (χ1) is 12.8. The summed E-state index contributed by atoms with van der Waals surface area (Å²) in [6.07, 6.45) is 15.6. The Kier molecular flexibility index (Phi) is 9.54. The molecule has 26 heavy (non-hydrogen) atoms. The lowest BCUT2D eigenvalue weighted by molar-refractivity contribution is -0.710. The number of hydrogen-bond acceptors (Lipinski definition) is 2. The molecule has 0 amide bonds. The molecule has 0 unspecified atom stereocenters. The fourth-order valence-corrected chi connectivity index (χ4v) is 3.45. The molecule has 0 fully saturated rings. The molecule has 0 saturated heterocycles. The molecule has 1 aromatic carbocycles. The minimum Gasteiger partial charge on any atom is -0.497 e. The Morgan fingerprint density at radius 2 is 1.58 bits per heavy atom. The molecule has 2 rings (SSSR count). The summed E-state index contributed by atoms with van der Waals surface area (Å²) < 4.78 is 15.5. The van der Waals surface area contributed by atoms with Gasteiger partial charge in [-0.1, -0.05) is 64.7 Å². The maximum atomic E-state index is 5.90. The molecular formula is C22H37N2O2+. The summed E-state index contributed by atoms with van der Waals surface area (Å²) in [4.78, 5) is 0. The molecule has 2 aromatic rings. The van der Waals surface area contributed by atoms with Crippen molar-refractivity contribution in [1.82, 2.24) is 4.57 Å². The van der Waals surface area contributed by atoms with Gasteiger partial charge in [0, 0.05) is 6.07 Å². The largest absolute Gasteiger partial charge is 0.497 e. The van der Waals surface area contributed by atoms with Crippen LogP contribution in [0.15, 0.2) is 24.5 Å². The van der Waals surface area contributed by atoms with Gasteiger partial charge in [0.05, 0.1) is 20.8 Å². The van der Waals surface area contributed by atoms with Crippen LogP contribution in [0.5, 0.6) is 5.75 Å². The van der Waals surface area contributed by atoms with Crippen LogP contribution in [0.1, 0.15) is 71.1 Å². The van der Waals surface area contributed by atoms with Crippen molar-refractivity contribution < 1.29 is 14.0 Å². The smallest absolute Gasteiger partial charge is 0.246 e. The van der Waals surface area contributed by atoms with Crippen LogP contribution in [-0.2, 0) is 18.5 Å². The van der Waals surface area contributed by atoms with Gasteiger partial charge in [0.1, 0.15) is 5.75 Å². The lowest BCUT2D eigenvalue weighted by Crippen LogP contribution is -2.33. The Morgan fingerprint density at radius 1 is 0.923 bits per heavy atom. The molecule has 146 valence electrons. The first-order valence-electron chi connectivity index (χ1n) is 10.4. The summed E-state index contributed by atoms with van der Waals surface area (Å²) in [7, 11) is 3.77. The number of rotatable bonds is 14. The second kappa shape index (κ2) is 11.9. The van der Waals surface area contributed by atoms with Crippen molar-refractivity contribution in [2.75, 3.05) is 13.7 Å². The summed E-state index contributed by atoms with van der Waals surface area (Å²) in [5.41, 5.74) is 2.34. The van der Waals surface area contributed by atoms with Crippen molar-refractivity contribution in [2.24, 2.45) is 7.05 Å². The molecule has 0 spiro atoms. The minimum atomic E-state index is 0.599. The Morgan fingerprint density at radius 3 is 2.23 bits per heavy atom. The predicted molar refractivity (Wildman–Crippen MR) is 107 cm³/mol. The van der Waals surface area contributed by atoms with Gasteiger partial charge in [-0.15, -0.1) is 0 Å². The average molecular weight is 362 g/mol. The van der Waals surface area contributed by atoms with E-state index in [4.69, 9.17) is 9.47 Å². The molecule has 4 nitrogen and oxygen atoms in total. The van der Waals surface area contributed by atoms with Crippen LogP contribution < -0.4 is 9.30 Å². The Bertz CT molecular complexity index is 636. The van der Waals surface area contributed by atoms with Gasteiger partial charge in [-0.3, -0.25) is 0 Å². The molecular weight excluding hydrogens is 324 g/mol. The van der Waals surface area contributed by atoms with Crippen LogP contribution >= 0.6 is 0 Å². The molecule has 0 aliphatic heterocycles. The molecule has 0 aliphatic rings. The van der Waals surface area contributed by atoms with Gasteiger partial charge in [0.2, 0.25) is 6.33 Å². The third-order valence-corrected chi connectivity index (χ3v) is 5.06. The Hall–Kier alpha value is -1.55. The first kappa shape index (κ1) is 20.8. The topological polar surface area (TPSA) is 27.3 Å². The van der Waals surface area contributed by atoms with Crippen molar-refractivity contribution >= 4 is 11.0 Å². The normalized spacial score (nSPS) is 11.3. The van der Waals surface area contributed by atoms with E-state index in [1.807, 2.05) is 6.07 Å². The zero-order valence-corrected chi connectivity index (χ0v) is 17.0. The number of unbranched alkanes of at least 4 members (excludes halogenated alkanes) is 9. The van der Waals surface area contributed by atoms with E-state index in [0.717, 1.165) is 24.3 Å². The highest BCUT2D eigenvalue weighted by molar-refractivity contribution is 5.73. The minimum absolute atomic E-state index is 0.599. The van der Waals surface area contributed by atoms with Gasteiger partial charge in [-0.05, 0) is 18.6 Å². The number of aromatic nitrogens is 2. The van der Waals surface area contributed by atoms with Gasteiger partial charge in [-0.2, -0.15) is 0 Å². The monoisotopic (exact) mass is 361 g/mol. The number of imidazole rings is 1. The maximum Gasteiger partial charge on any atom is 0.246 e. The third-order valence-electron chi connectivity index (χ3n) is 5.06. The van der Waals surface area contributed by atoms with E-state index in [0.29, 0.717) is 6.73 Å². The number of fused-ring (bicyclic) bond motifs is 1. The Labute approximate surface area is 159 Å². The average Bonchev–Trinajstić information content (AvgIpc) is 2.97. The quantitative estimate of drug-likeness (QED) is 0.334. The van der Waals surface area contributed by atoms with Crippen LogP contribution in [0, 0.1) is 0 Å². The number of aryl methyl sites for hydroxylation is 1. The highest BCUT2D eigenvalue weighted by Crippen LogP contribution is 2.18. The molecule has 0 radical (unpaired) electrons. The van der Waals surface area contributed by atoms with Crippen molar-refractivity contribution in [1.29, 1.82) is 0 Å². The lowest BCUT2D eigenvalue weighted by Gasteiger charge is -2.04. The van der Waals surface area contributed by atoms with E-state index >= 15 is 0 Å². The fourth-order valence-electron chi connectivity index (χ4n) is 3.45. The van der Waals surface area contributed by atoms with Crippen molar-refractivity contribution in [3.63, 3.8) is 0 Å². The van der Waals surface area contributed by atoms with Crippen LogP contribution in [0.4, 0.5) is 0 Å². The summed E-state index contributed by atoms with van der Waals surface area (Å²) in [5, 5.41) is 0. The standard InChI is InChI=1S/C22H37N2O2/c1-4-5-6-7-8-9-10-11-12-13-16-26-19-24-18-23(2)21-15-14-20(25-3)17-22(21)24/h14-15,17-18H,4-13,16,19H2,1-3H3/q+1. The number of methoxy groups -OCH3 is 1. The lowest BCUT2D eigenvalue weighted by atomic mass is 10.1. The van der Waals surface area contributed by atoms with Crippen LogP contribution in [0.2, 0.25) is 0 Å². The predicted octanol–water partition coefficient (Wildman–Crippen LogP) is 5.37. The molecule has 4 heteroatoms. The van der Waals surface area contributed by atoms with E-state index in [1.165, 1.54) is 63.3 Å². The third kappa shape index (κ3) is 6.64. The van der Waals surface area contributed by atoms with Crippen LogP contribution in [0.3, 0.4) is 0 Å². The highest BCUT2D eigenvalue weighted by Gasteiger charge is 2.13. The molecule has 1 aromatic heterocycles. The molecule has 0 bridgehead atoms. The summed E-state index contributed by atoms with van der Waals surface area (Å²) in [6, 6.07) is 6.16. The van der Waals surface area contributed by atoms with Crippen molar-refractivity contribution in [2.45, 2.75) is 77.9 Å². The maximum absolute atomic E-state index is 5.90. The van der Waals surface area contributed by atoms with E-state index in [9.17, 15) is 0 Å². The zero-order valence-electron chi connectivity index (χ0n) is 17.0. The fraction of sp³-hybridized carbons (Fsp3) is 0.682. The van der Waals surface area contributed by atoms with Crippen LogP contribution in [-0.4, -0.2) is 18.3 Å². The number of ether oxygens (including phenoxy) is 2. The van der Waals surface area contributed by atoms with E-state index in [1.54, 1.807) is 7.11 Å². The van der Waals surface area contributed by atoms with E-state index < -0.39 is 0 Å².